The minimum atomic E-state index is -0.540. The molecule has 1 atom stereocenters. The first-order valence-electron chi connectivity index (χ1n) is 10.8. The molecule has 0 spiro atoms. The maximum Gasteiger partial charge on any atom is 0.320 e. The summed E-state index contributed by atoms with van der Waals surface area (Å²) in [6, 6.07) is 9.45. The van der Waals surface area contributed by atoms with E-state index < -0.39 is 11.7 Å². The third-order valence-corrected chi connectivity index (χ3v) is 5.44. The lowest BCUT2D eigenvalue weighted by molar-refractivity contribution is -0.157. The van der Waals surface area contributed by atoms with Crippen molar-refractivity contribution in [2.45, 2.75) is 13.0 Å². The van der Waals surface area contributed by atoms with Crippen molar-refractivity contribution >= 4 is 51.8 Å². The molecular weight excluding hydrogens is 477 g/mol. The van der Waals surface area contributed by atoms with E-state index in [0.717, 1.165) is 6.08 Å². The van der Waals surface area contributed by atoms with Gasteiger partial charge in [-0.25, -0.2) is 9.37 Å². The molecular formula is C24H23ClFN5O4. The summed E-state index contributed by atoms with van der Waals surface area (Å²) in [6.07, 6.45) is 0.955. The Labute approximate surface area is 205 Å². The van der Waals surface area contributed by atoms with Gasteiger partial charge >= 0.3 is 5.97 Å². The largest absolute Gasteiger partial charge is 0.492 e. The molecule has 0 unspecified atom stereocenters. The normalized spacial score (nSPS) is 16.0. The van der Waals surface area contributed by atoms with Crippen molar-refractivity contribution < 1.29 is 23.5 Å². The van der Waals surface area contributed by atoms with Gasteiger partial charge in [0.2, 0.25) is 11.9 Å². The maximum atomic E-state index is 13.6. The van der Waals surface area contributed by atoms with Crippen LogP contribution in [0.25, 0.3) is 10.9 Å². The molecule has 182 valence electrons. The van der Waals surface area contributed by atoms with Gasteiger partial charge in [-0.2, -0.15) is 4.98 Å². The highest BCUT2D eigenvalue weighted by Gasteiger charge is 2.23. The quantitative estimate of drug-likeness (QED) is 0.355. The Morgan fingerprint density at radius 2 is 2.17 bits per heavy atom. The second kappa shape index (κ2) is 10.7. The molecule has 1 aliphatic heterocycles. The predicted molar refractivity (Wildman–Crippen MR) is 131 cm³/mol. The summed E-state index contributed by atoms with van der Waals surface area (Å²) in [5.74, 6) is -0.271. The number of aromatic nitrogens is 2. The van der Waals surface area contributed by atoms with E-state index in [4.69, 9.17) is 21.1 Å². The minimum Gasteiger partial charge on any atom is -0.492 e. The highest BCUT2D eigenvalue weighted by Crippen LogP contribution is 2.29. The Bertz CT molecular complexity index is 1290. The summed E-state index contributed by atoms with van der Waals surface area (Å²) < 4.78 is 24.6. The molecule has 2 aromatic carbocycles. The zero-order valence-electron chi connectivity index (χ0n) is 18.9. The van der Waals surface area contributed by atoms with Gasteiger partial charge in [0.05, 0.1) is 17.1 Å². The Morgan fingerprint density at radius 3 is 2.91 bits per heavy atom. The van der Waals surface area contributed by atoms with Crippen LogP contribution in [-0.4, -0.2) is 59.1 Å². The van der Waals surface area contributed by atoms with Crippen molar-refractivity contribution in [1.82, 2.24) is 14.9 Å². The Balaban J connectivity index is 1.56. The smallest absolute Gasteiger partial charge is 0.320 e. The van der Waals surface area contributed by atoms with Crippen LogP contribution in [0, 0.1) is 5.82 Å². The second-order valence-electron chi connectivity index (χ2n) is 7.91. The van der Waals surface area contributed by atoms with Crippen LogP contribution >= 0.6 is 11.6 Å². The van der Waals surface area contributed by atoms with Gasteiger partial charge in [-0.15, -0.1) is 0 Å². The summed E-state index contributed by atoms with van der Waals surface area (Å²) >= 11 is 5.90. The number of ether oxygens (including phenoxy) is 2. The summed E-state index contributed by atoms with van der Waals surface area (Å²) in [5.41, 5.74) is 1.01. The first kappa shape index (κ1) is 24.4. The number of esters is 1. The number of benzene rings is 2. The third-order valence-electron chi connectivity index (χ3n) is 5.15. The summed E-state index contributed by atoms with van der Waals surface area (Å²) in [6.45, 7) is 7.08. The van der Waals surface area contributed by atoms with Crippen LogP contribution in [-0.2, 0) is 14.3 Å². The van der Waals surface area contributed by atoms with Gasteiger partial charge in [-0.05, 0) is 43.3 Å². The molecule has 1 fully saturated rings. The maximum absolute atomic E-state index is 13.6. The van der Waals surface area contributed by atoms with Crippen LogP contribution in [0.15, 0.2) is 49.1 Å². The number of rotatable bonds is 8. The average molecular weight is 500 g/mol. The van der Waals surface area contributed by atoms with Gasteiger partial charge < -0.3 is 14.8 Å². The van der Waals surface area contributed by atoms with Crippen LogP contribution in [0.3, 0.4) is 0 Å². The van der Waals surface area contributed by atoms with E-state index in [0.29, 0.717) is 47.9 Å². The molecule has 1 aliphatic rings. The van der Waals surface area contributed by atoms with Crippen molar-refractivity contribution in [1.29, 1.82) is 0 Å². The lowest BCUT2D eigenvalue weighted by atomic mass is 10.2. The first-order valence-corrected chi connectivity index (χ1v) is 11.2. The molecule has 2 heterocycles. The fourth-order valence-corrected chi connectivity index (χ4v) is 3.78. The van der Waals surface area contributed by atoms with Crippen molar-refractivity contribution in [3.8, 4) is 5.75 Å². The molecule has 1 amide bonds. The summed E-state index contributed by atoms with van der Waals surface area (Å²) in [7, 11) is 0. The number of halogens is 2. The molecule has 3 aromatic rings. The molecule has 0 bridgehead atoms. The highest BCUT2D eigenvalue weighted by molar-refractivity contribution is 6.31. The van der Waals surface area contributed by atoms with Crippen LogP contribution in [0.2, 0.25) is 5.02 Å². The Kier molecular flexibility index (Phi) is 7.42. The van der Waals surface area contributed by atoms with Crippen molar-refractivity contribution in [3.63, 3.8) is 0 Å². The molecule has 0 radical (unpaired) electrons. The number of cyclic esters (lactones) is 1. The zero-order chi connectivity index (χ0) is 24.9. The third kappa shape index (κ3) is 6.23. The number of fused-ring (bicyclic) bond motifs is 1. The molecule has 9 nitrogen and oxygen atoms in total. The number of hydrogen-bond donors (Lipinski definition) is 2. The van der Waals surface area contributed by atoms with Crippen LogP contribution in [0.5, 0.6) is 5.75 Å². The van der Waals surface area contributed by atoms with E-state index in [9.17, 15) is 14.0 Å². The standard InChI is InChI=1S/C24H23ClFN5O4/c1-3-21(32)29-24-28-20-11-16(34-9-8-31-12-14(2)35-22(33)13-31)5-6-17(20)23(30-24)27-15-4-7-19(26)18(25)10-15/h3-7,10-11,14H,1,8-9,12-13H2,2H3,(H2,27,28,29,30,32)/t14-/m0/s1. The molecule has 0 saturated carbocycles. The zero-order valence-corrected chi connectivity index (χ0v) is 19.6. The Hall–Kier alpha value is -3.76. The number of nitrogens with zero attached hydrogens (tertiary/aromatic N) is 3. The Morgan fingerprint density at radius 1 is 1.34 bits per heavy atom. The fraction of sp³-hybridized carbons (Fsp3) is 0.250. The second-order valence-corrected chi connectivity index (χ2v) is 8.31. The van der Waals surface area contributed by atoms with Crippen molar-refractivity contribution in [3.05, 3.63) is 59.9 Å². The number of nitrogens with one attached hydrogen (secondary N) is 2. The number of carbonyl (C=O) groups excluding carboxylic acids is 2. The van der Waals surface area contributed by atoms with E-state index in [1.165, 1.54) is 18.2 Å². The van der Waals surface area contributed by atoms with Crippen LogP contribution in [0.1, 0.15) is 6.92 Å². The van der Waals surface area contributed by atoms with Gasteiger partial charge in [0, 0.05) is 30.2 Å². The number of morpholine rings is 1. The lowest BCUT2D eigenvalue weighted by Crippen LogP contribution is -2.45. The van der Waals surface area contributed by atoms with Crippen LogP contribution < -0.4 is 15.4 Å². The topological polar surface area (TPSA) is 106 Å². The van der Waals surface area contributed by atoms with Gasteiger partial charge in [0.25, 0.3) is 0 Å². The van der Waals surface area contributed by atoms with E-state index in [1.807, 2.05) is 11.8 Å². The van der Waals surface area contributed by atoms with Crippen molar-refractivity contribution in [2.75, 3.05) is 36.9 Å². The SMILES string of the molecule is C=CC(=O)Nc1nc(Nc2ccc(F)c(Cl)c2)c2ccc(OCCN3CC(=O)O[C@@H](C)C3)cc2n1. The van der Waals surface area contributed by atoms with Gasteiger partial charge in [0.15, 0.2) is 0 Å². The first-order chi connectivity index (χ1) is 16.8. The molecule has 35 heavy (non-hydrogen) atoms. The van der Waals surface area contributed by atoms with E-state index >= 15 is 0 Å². The lowest BCUT2D eigenvalue weighted by Gasteiger charge is -2.29. The minimum absolute atomic E-state index is 0.0411. The number of amides is 1. The van der Waals surface area contributed by atoms with E-state index in [2.05, 4.69) is 27.2 Å². The number of anilines is 3. The summed E-state index contributed by atoms with van der Waals surface area (Å²) in [5, 5.41) is 6.24. The summed E-state index contributed by atoms with van der Waals surface area (Å²) in [4.78, 5) is 34.2. The molecule has 11 heteroatoms. The molecule has 1 aromatic heterocycles. The van der Waals surface area contributed by atoms with Gasteiger partial charge in [-0.1, -0.05) is 18.2 Å². The number of hydrogen-bond acceptors (Lipinski definition) is 8. The monoisotopic (exact) mass is 499 g/mol. The fourth-order valence-electron chi connectivity index (χ4n) is 3.59. The molecule has 1 saturated heterocycles. The van der Waals surface area contributed by atoms with Gasteiger partial charge in [0.1, 0.15) is 30.1 Å². The molecule has 0 aliphatic carbocycles. The number of carbonyl (C=O) groups is 2. The van der Waals surface area contributed by atoms with Crippen molar-refractivity contribution in [2.24, 2.45) is 0 Å². The van der Waals surface area contributed by atoms with E-state index in [-0.39, 0.29) is 29.6 Å². The van der Waals surface area contributed by atoms with Crippen LogP contribution in [0.4, 0.5) is 21.8 Å². The average Bonchev–Trinajstić information content (AvgIpc) is 2.80. The molecule has 2 N–H and O–H groups in total. The molecule has 4 rings (SSSR count). The highest BCUT2D eigenvalue weighted by atomic mass is 35.5. The predicted octanol–water partition coefficient (Wildman–Crippen LogP) is 3.92. The van der Waals surface area contributed by atoms with Gasteiger partial charge in [-0.3, -0.25) is 19.8 Å². The van der Waals surface area contributed by atoms with E-state index in [1.54, 1.807) is 18.2 Å².